The topological polar surface area (TPSA) is 87.7 Å². The van der Waals surface area contributed by atoms with Crippen LogP contribution in [0.25, 0.3) is 0 Å². The van der Waals surface area contributed by atoms with E-state index in [4.69, 9.17) is 27.9 Å². The van der Waals surface area contributed by atoms with Gasteiger partial charge in [-0.1, -0.05) is 41.4 Å². The highest BCUT2D eigenvalue weighted by atomic mass is 35.5. The first kappa shape index (κ1) is 21.0. The van der Waals surface area contributed by atoms with E-state index in [2.05, 4.69) is 10.6 Å². The summed E-state index contributed by atoms with van der Waals surface area (Å²) in [5.41, 5.74) is 0.663. The van der Waals surface area contributed by atoms with E-state index in [0.717, 1.165) is 0 Å². The average molecular weight is 436 g/mol. The van der Waals surface area contributed by atoms with E-state index in [9.17, 15) is 14.4 Å². The number of anilines is 1. The Morgan fingerprint density at radius 3 is 2.72 bits per heavy atom. The maximum atomic E-state index is 13.1. The number of halogens is 2. The molecule has 2 N–H and O–H groups in total. The molecule has 3 amide bonds. The van der Waals surface area contributed by atoms with Crippen LogP contribution in [0, 0.1) is 0 Å². The molecule has 1 saturated heterocycles. The summed E-state index contributed by atoms with van der Waals surface area (Å²) in [7, 11) is 1.47. The van der Waals surface area contributed by atoms with Crippen LogP contribution in [-0.4, -0.2) is 48.9 Å². The third kappa shape index (κ3) is 4.63. The molecular weight excluding hydrogens is 417 g/mol. The zero-order valence-corrected chi connectivity index (χ0v) is 17.1. The van der Waals surface area contributed by atoms with E-state index in [1.807, 2.05) is 0 Å². The molecule has 1 aliphatic heterocycles. The molecule has 7 nitrogen and oxygen atoms in total. The number of ether oxygens (including phenoxy) is 1. The van der Waals surface area contributed by atoms with Gasteiger partial charge < -0.3 is 20.3 Å². The summed E-state index contributed by atoms with van der Waals surface area (Å²) in [4.78, 5) is 39.5. The van der Waals surface area contributed by atoms with Gasteiger partial charge in [-0.25, -0.2) is 0 Å². The summed E-state index contributed by atoms with van der Waals surface area (Å²) in [6.45, 7) is 0.580. The minimum atomic E-state index is -0.959. The molecule has 1 heterocycles. The van der Waals surface area contributed by atoms with Gasteiger partial charge in [0.2, 0.25) is 11.8 Å². The van der Waals surface area contributed by atoms with Gasteiger partial charge in [0, 0.05) is 13.1 Å². The Bertz CT molecular complexity index is 951. The van der Waals surface area contributed by atoms with Gasteiger partial charge in [0.25, 0.3) is 5.91 Å². The fraction of sp³-hybridized carbons (Fsp3) is 0.250. The molecule has 0 aromatic heterocycles. The lowest BCUT2D eigenvalue weighted by Crippen LogP contribution is -2.58. The van der Waals surface area contributed by atoms with E-state index in [1.165, 1.54) is 12.0 Å². The largest absolute Gasteiger partial charge is 0.496 e. The fourth-order valence-corrected chi connectivity index (χ4v) is 3.46. The molecule has 1 fully saturated rings. The normalized spacial score (nSPS) is 16.2. The molecule has 0 bridgehead atoms. The van der Waals surface area contributed by atoms with Gasteiger partial charge in [0.05, 0.1) is 34.8 Å². The van der Waals surface area contributed by atoms with Crippen molar-refractivity contribution in [2.24, 2.45) is 0 Å². The number of hydrogen-bond donors (Lipinski definition) is 2. The van der Waals surface area contributed by atoms with Gasteiger partial charge in [-0.3, -0.25) is 14.4 Å². The zero-order chi connectivity index (χ0) is 21.0. The predicted molar refractivity (Wildman–Crippen MR) is 111 cm³/mol. The molecule has 0 radical (unpaired) electrons. The number of nitrogens with zero attached hydrogens (tertiary/aromatic N) is 1. The minimum absolute atomic E-state index is 0.206. The van der Waals surface area contributed by atoms with Crippen molar-refractivity contribution in [3.63, 3.8) is 0 Å². The van der Waals surface area contributed by atoms with Crippen LogP contribution in [0.1, 0.15) is 16.8 Å². The van der Waals surface area contributed by atoms with E-state index in [-0.39, 0.29) is 23.9 Å². The van der Waals surface area contributed by atoms with Gasteiger partial charge in [0.1, 0.15) is 11.8 Å². The van der Waals surface area contributed by atoms with Gasteiger partial charge in [-0.15, -0.1) is 0 Å². The first-order valence-corrected chi connectivity index (χ1v) is 9.63. The zero-order valence-electron chi connectivity index (χ0n) is 15.6. The number of nitrogens with one attached hydrogen (secondary N) is 2. The van der Waals surface area contributed by atoms with Crippen molar-refractivity contribution in [2.45, 2.75) is 12.5 Å². The van der Waals surface area contributed by atoms with Crippen molar-refractivity contribution >= 4 is 46.6 Å². The van der Waals surface area contributed by atoms with Crippen LogP contribution >= 0.6 is 23.2 Å². The quantitative estimate of drug-likeness (QED) is 0.755. The number of amides is 3. The fourth-order valence-electron chi connectivity index (χ4n) is 3.11. The second-order valence-corrected chi connectivity index (χ2v) is 7.14. The van der Waals surface area contributed by atoms with Gasteiger partial charge >= 0.3 is 0 Å². The summed E-state index contributed by atoms with van der Waals surface area (Å²) >= 11 is 12.1. The SMILES string of the molecule is COc1ccccc1C(=O)N1CCNC(=O)[C@@H]1CC(=O)Nc1cccc(Cl)c1Cl. The van der Waals surface area contributed by atoms with Crippen LogP contribution < -0.4 is 15.4 Å². The Balaban J connectivity index is 1.79. The smallest absolute Gasteiger partial charge is 0.258 e. The highest BCUT2D eigenvalue weighted by Crippen LogP contribution is 2.30. The molecule has 9 heteroatoms. The lowest BCUT2D eigenvalue weighted by Gasteiger charge is -2.35. The summed E-state index contributed by atoms with van der Waals surface area (Å²) in [6.07, 6.45) is -0.227. The molecular formula is C20H19Cl2N3O4. The molecule has 152 valence electrons. The van der Waals surface area contributed by atoms with Crippen LogP contribution in [0.3, 0.4) is 0 Å². The molecule has 0 saturated carbocycles. The molecule has 1 aliphatic rings. The summed E-state index contributed by atoms with van der Waals surface area (Å²) in [5.74, 6) is -0.839. The number of carbonyl (C=O) groups is 3. The molecule has 29 heavy (non-hydrogen) atoms. The van der Waals surface area contributed by atoms with Crippen LogP contribution in [0.15, 0.2) is 42.5 Å². The number of carbonyl (C=O) groups excluding carboxylic acids is 3. The van der Waals surface area contributed by atoms with E-state index >= 15 is 0 Å². The van der Waals surface area contributed by atoms with Crippen LogP contribution in [-0.2, 0) is 9.59 Å². The van der Waals surface area contributed by atoms with Crippen LogP contribution in [0.2, 0.25) is 10.0 Å². The average Bonchev–Trinajstić information content (AvgIpc) is 2.72. The molecule has 0 aliphatic carbocycles. The Kier molecular flexibility index (Phi) is 6.61. The third-order valence-electron chi connectivity index (χ3n) is 4.53. The first-order valence-electron chi connectivity index (χ1n) is 8.88. The highest BCUT2D eigenvalue weighted by molar-refractivity contribution is 6.44. The Labute approximate surface area is 177 Å². The molecule has 3 rings (SSSR count). The van der Waals surface area contributed by atoms with Gasteiger partial charge in [-0.2, -0.15) is 0 Å². The second-order valence-electron chi connectivity index (χ2n) is 6.36. The van der Waals surface area contributed by atoms with Crippen LogP contribution in [0.5, 0.6) is 5.75 Å². The summed E-state index contributed by atoms with van der Waals surface area (Å²) in [6, 6.07) is 10.6. The number of benzene rings is 2. The minimum Gasteiger partial charge on any atom is -0.496 e. The molecule has 2 aromatic carbocycles. The Hall–Kier alpha value is -2.77. The van der Waals surface area contributed by atoms with E-state index in [0.29, 0.717) is 28.6 Å². The van der Waals surface area contributed by atoms with Crippen molar-refractivity contribution in [3.05, 3.63) is 58.1 Å². The lowest BCUT2D eigenvalue weighted by molar-refractivity contribution is -0.131. The molecule has 1 atom stereocenters. The number of piperazine rings is 1. The second kappa shape index (κ2) is 9.15. The maximum absolute atomic E-state index is 13.1. The van der Waals surface area contributed by atoms with E-state index < -0.39 is 17.9 Å². The lowest BCUT2D eigenvalue weighted by atomic mass is 10.1. The van der Waals surface area contributed by atoms with Crippen molar-refractivity contribution in [3.8, 4) is 5.75 Å². The molecule has 2 aromatic rings. The monoisotopic (exact) mass is 435 g/mol. The Morgan fingerprint density at radius 2 is 1.97 bits per heavy atom. The summed E-state index contributed by atoms with van der Waals surface area (Å²) < 4.78 is 5.25. The van der Waals surface area contributed by atoms with Gasteiger partial charge in [0.15, 0.2) is 0 Å². The standard InChI is InChI=1S/C20H19Cl2N3O4/c1-29-16-8-3-2-5-12(16)20(28)25-10-9-23-19(27)15(25)11-17(26)24-14-7-4-6-13(21)18(14)22/h2-8,15H,9-11H2,1H3,(H,23,27)(H,24,26)/t15-/m0/s1. The summed E-state index contributed by atoms with van der Waals surface area (Å²) in [5, 5.41) is 5.84. The maximum Gasteiger partial charge on any atom is 0.258 e. The molecule has 0 unspecified atom stereocenters. The van der Waals surface area contributed by atoms with Crippen molar-refractivity contribution in [1.82, 2.24) is 10.2 Å². The van der Waals surface area contributed by atoms with Crippen LogP contribution in [0.4, 0.5) is 5.69 Å². The predicted octanol–water partition coefficient (Wildman–Crippen LogP) is 2.97. The number of rotatable bonds is 5. The molecule has 0 spiro atoms. The Morgan fingerprint density at radius 1 is 1.21 bits per heavy atom. The number of para-hydroxylation sites is 1. The highest BCUT2D eigenvalue weighted by Gasteiger charge is 2.36. The van der Waals surface area contributed by atoms with Crippen molar-refractivity contribution in [2.75, 3.05) is 25.5 Å². The first-order chi connectivity index (χ1) is 13.9. The third-order valence-corrected chi connectivity index (χ3v) is 5.35. The van der Waals surface area contributed by atoms with Crippen molar-refractivity contribution in [1.29, 1.82) is 0 Å². The van der Waals surface area contributed by atoms with E-state index in [1.54, 1.807) is 42.5 Å². The van der Waals surface area contributed by atoms with Crippen molar-refractivity contribution < 1.29 is 19.1 Å². The number of methoxy groups -OCH3 is 1. The van der Waals surface area contributed by atoms with Gasteiger partial charge in [-0.05, 0) is 24.3 Å². The number of hydrogen-bond acceptors (Lipinski definition) is 4.